The molecule has 0 aliphatic carbocycles. The number of hydrogen-bond donors (Lipinski definition) is 1. The zero-order valence-corrected chi connectivity index (χ0v) is 11.1. The van der Waals surface area contributed by atoms with E-state index < -0.39 is 0 Å². The van der Waals surface area contributed by atoms with E-state index in [-0.39, 0.29) is 11.9 Å². The van der Waals surface area contributed by atoms with Gasteiger partial charge in [0.15, 0.2) is 0 Å². The number of nitrogens with one attached hydrogen (secondary N) is 1. The highest BCUT2D eigenvalue weighted by atomic mass is 35.5. The van der Waals surface area contributed by atoms with Crippen LogP contribution in [0.2, 0.25) is 5.02 Å². The van der Waals surface area contributed by atoms with Crippen LogP contribution in [0.15, 0.2) is 30.4 Å². The molecule has 94 valence electrons. The van der Waals surface area contributed by atoms with Gasteiger partial charge in [-0.15, -0.1) is 0 Å². The molecule has 0 amide bonds. The largest absolute Gasteiger partial charge is 0.310 e. The zero-order valence-electron chi connectivity index (χ0n) is 10.4. The SMILES string of the molecule is C=C(C)C(Cc1ccc(F)cc1Cl)NCCC. The number of halogens is 2. The second kappa shape index (κ2) is 6.77. The molecule has 1 rings (SSSR count). The first-order valence-corrected chi connectivity index (χ1v) is 6.25. The predicted molar refractivity (Wildman–Crippen MR) is 72.0 cm³/mol. The van der Waals surface area contributed by atoms with Crippen LogP contribution in [0.5, 0.6) is 0 Å². The van der Waals surface area contributed by atoms with Gasteiger partial charge in [0.1, 0.15) is 5.82 Å². The Kier molecular flexibility index (Phi) is 5.66. The summed E-state index contributed by atoms with van der Waals surface area (Å²) in [6.45, 7) is 9.02. The third-order valence-corrected chi connectivity index (χ3v) is 3.03. The van der Waals surface area contributed by atoms with Crippen LogP contribution in [0.4, 0.5) is 4.39 Å². The highest BCUT2D eigenvalue weighted by Crippen LogP contribution is 2.20. The Morgan fingerprint density at radius 2 is 2.24 bits per heavy atom. The van der Waals surface area contributed by atoms with Gasteiger partial charge in [-0.1, -0.05) is 36.7 Å². The molecule has 0 saturated carbocycles. The molecule has 1 unspecified atom stereocenters. The molecule has 0 bridgehead atoms. The third kappa shape index (κ3) is 4.49. The highest BCUT2D eigenvalue weighted by Gasteiger charge is 2.11. The monoisotopic (exact) mass is 255 g/mol. The number of hydrogen-bond acceptors (Lipinski definition) is 1. The maximum Gasteiger partial charge on any atom is 0.124 e. The molecule has 0 aliphatic heterocycles. The first-order chi connectivity index (χ1) is 8.04. The van der Waals surface area contributed by atoms with Crippen molar-refractivity contribution in [3.8, 4) is 0 Å². The van der Waals surface area contributed by atoms with E-state index >= 15 is 0 Å². The fourth-order valence-corrected chi connectivity index (χ4v) is 1.89. The average Bonchev–Trinajstić information content (AvgIpc) is 2.26. The predicted octanol–water partition coefficient (Wildman–Crippen LogP) is 3.97. The third-order valence-electron chi connectivity index (χ3n) is 2.67. The van der Waals surface area contributed by atoms with Crippen molar-refractivity contribution in [1.29, 1.82) is 0 Å². The van der Waals surface area contributed by atoms with Crippen LogP contribution in [-0.2, 0) is 6.42 Å². The summed E-state index contributed by atoms with van der Waals surface area (Å²) in [6, 6.07) is 4.72. The Bertz CT molecular complexity index is 390. The second-order valence-corrected chi connectivity index (χ2v) is 4.70. The van der Waals surface area contributed by atoms with E-state index in [1.165, 1.54) is 12.1 Å². The molecule has 0 saturated heterocycles. The molecule has 3 heteroatoms. The van der Waals surface area contributed by atoms with Crippen molar-refractivity contribution in [2.24, 2.45) is 0 Å². The lowest BCUT2D eigenvalue weighted by atomic mass is 10.0. The first-order valence-electron chi connectivity index (χ1n) is 5.87. The molecule has 0 radical (unpaired) electrons. The fourth-order valence-electron chi connectivity index (χ4n) is 1.65. The van der Waals surface area contributed by atoms with Gasteiger partial charge in [0.05, 0.1) is 0 Å². The molecule has 1 aromatic carbocycles. The van der Waals surface area contributed by atoms with Gasteiger partial charge in [0.25, 0.3) is 0 Å². The number of rotatable bonds is 6. The Morgan fingerprint density at radius 3 is 2.76 bits per heavy atom. The van der Waals surface area contributed by atoms with E-state index in [2.05, 4.69) is 18.8 Å². The van der Waals surface area contributed by atoms with Gasteiger partial charge in [0, 0.05) is 11.1 Å². The Hall–Kier alpha value is -0.860. The molecular formula is C14H19ClFN. The van der Waals surface area contributed by atoms with Gasteiger partial charge in [0.2, 0.25) is 0 Å². The Morgan fingerprint density at radius 1 is 1.53 bits per heavy atom. The maximum atomic E-state index is 12.9. The summed E-state index contributed by atoms with van der Waals surface area (Å²) in [5, 5.41) is 3.89. The Balaban J connectivity index is 2.75. The lowest BCUT2D eigenvalue weighted by Gasteiger charge is -2.19. The van der Waals surface area contributed by atoms with Gasteiger partial charge < -0.3 is 5.32 Å². The van der Waals surface area contributed by atoms with Crippen molar-refractivity contribution in [3.05, 3.63) is 46.8 Å². The van der Waals surface area contributed by atoms with E-state index in [0.29, 0.717) is 5.02 Å². The summed E-state index contributed by atoms with van der Waals surface area (Å²) >= 11 is 6.01. The molecule has 1 atom stereocenters. The average molecular weight is 256 g/mol. The van der Waals surface area contributed by atoms with Crippen LogP contribution in [0.25, 0.3) is 0 Å². The first kappa shape index (κ1) is 14.2. The maximum absolute atomic E-state index is 12.9. The van der Waals surface area contributed by atoms with E-state index in [9.17, 15) is 4.39 Å². The summed E-state index contributed by atoms with van der Waals surface area (Å²) in [4.78, 5) is 0. The van der Waals surface area contributed by atoms with Gasteiger partial charge in [-0.2, -0.15) is 0 Å². The summed E-state index contributed by atoms with van der Waals surface area (Å²) < 4.78 is 12.9. The minimum absolute atomic E-state index is 0.193. The molecule has 1 aromatic rings. The molecule has 0 aliphatic rings. The summed E-state index contributed by atoms with van der Waals surface area (Å²) in [6.07, 6.45) is 1.81. The van der Waals surface area contributed by atoms with Crippen LogP contribution in [0.3, 0.4) is 0 Å². The smallest absolute Gasteiger partial charge is 0.124 e. The minimum atomic E-state index is -0.299. The van der Waals surface area contributed by atoms with Crippen LogP contribution in [0.1, 0.15) is 25.8 Å². The quantitative estimate of drug-likeness (QED) is 0.759. The van der Waals surface area contributed by atoms with Crippen molar-refractivity contribution in [2.45, 2.75) is 32.7 Å². The highest BCUT2D eigenvalue weighted by molar-refractivity contribution is 6.31. The Labute approximate surface area is 108 Å². The summed E-state index contributed by atoms with van der Waals surface area (Å²) in [5.74, 6) is -0.299. The summed E-state index contributed by atoms with van der Waals surface area (Å²) in [7, 11) is 0. The number of benzene rings is 1. The van der Waals surface area contributed by atoms with Crippen molar-refractivity contribution >= 4 is 11.6 Å². The van der Waals surface area contributed by atoms with Crippen LogP contribution in [-0.4, -0.2) is 12.6 Å². The van der Waals surface area contributed by atoms with Gasteiger partial charge >= 0.3 is 0 Å². The van der Waals surface area contributed by atoms with Gasteiger partial charge in [-0.3, -0.25) is 0 Å². The lowest BCUT2D eigenvalue weighted by molar-refractivity contribution is 0.562. The molecule has 1 N–H and O–H groups in total. The lowest BCUT2D eigenvalue weighted by Crippen LogP contribution is -2.32. The van der Waals surface area contributed by atoms with E-state index in [1.807, 2.05) is 6.92 Å². The standard InChI is InChI=1S/C14H19ClFN/c1-4-7-17-14(10(2)3)8-11-5-6-12(16)9-13(11)15/h5-6,9,14,17H,2,4,7-8H2,1,3H3. The van der Waals surface area contributed by atoms with Crippen molar-refractivity contribution in [2.75, 3.05) is 6.54 Å². The van der Waals surface area contributed by atoms with Crippen LogP contribution in [0, 0.1) is 5.82 Å². The van der Waals surface area contributed by atoms with E-state index in [0.717, 1.165) is 30.5 Å². The minimum Gasteiger partial charge on any atom is -0.310 e. The molecular weight excluding hydrogens is 237 g/mol. The molecule has 0 aromatic heterocycles. The van der Waals surface area contributed by atoms with Gasteiger partial charge in [-0.05, 0) is 44.0 Å². The molecule has 0 fully saturated rings. The normalized spacial score (nSPS) is 12.5. The van der Waals surface area contributed by atoms with E-state index in [1.54, 1.807) is 6.07 Å². The second-order valence-electron chi connectivity index (χ2n) is 4.29. The van der Waals surface area contributed by atoms with Crippen LogP contribution >= 0.6 is 11.6 Å². The van der Waals surface area contributed by atoms with Crippen molar-refractivity contribution in [3.63, 3.8) is 0 Å². The van der Waals surface area contributed by atoms with Crippen molar-refractivity contribution < 1.29 is 4.39 Å². The summed E-state index contributed by atoms with van der Waals surface area (Å²) in [5.41, 5.74) is 2.02. The molecule has 17 heavy (non-hydrogen) atoms. The van der Waals surface area contributed by atoms with Crippen LogP contribution < -0.4 is 5.32 Å². The van der Waals surface area contributed by atoms with Gasteiger partial charge in [-0.25, -0.2) is 4.39 Å². The fraction of sp³-hybridized carbons (Fsp3) is 0.429. The molecule has 1 nitrogen and oxygen atoms in total. The zero-order chi connectivity index (χ0) is 12.8. The van der Waals surface area contributed by atoms with Crippen molar-refractivity contribution in [1.82, 2.24) is 5.32 Å². The molecule has 0 heterocycles. The molecule has 0 spiro atoms. The van der Waals surface area contributed by atoms with E-state index in [4.69, 9.17) is 11.6 Å². The topological polar surface area (TPSA) is 12.0 Å².